The molecule has 4 heteroatoms. The first-order valence-corrected chi connectivity index (χ1v) is 7.54. The topological polar surface area (TPSA) is 34.4 Å². The normalized spacial score (nSPS) is 11.1. The third-order valence-electron chi connectivity index (χ3n) is 2.96. The summed E-state index contributed by atoms with van der Waals surface area (Å²) >= 11 is 3.41. The van der Waals surface area contributed by atoms with E-state index in [9.17, 15) is 0 Å². The maximum Gasteiger partial charge on any atom is 0.119 e. The van der Waals surface area contributed by atoms with Crippen molar-refractivity contribution in [1.82, 2.24) is 5.32 Å². The molecule has 1 aromatic heterocycles. The fraction of sp³-hybridized carbons (Fsp3) is 0.375. The van der Waals surface area contributed by atoms with E-state index < -0.39 is 0 Å². The molecule has 108 valence electrons. The van der Waals surface area contributed by atoms with Crippen LogP contribution in [0.5, 0.6) is 5.75 Å². The molecule has 1 heterocycles. The average molecular weight is 338 g/mol. The summed E-state index contributed by atoms with van der Waals surface area (Å²) in [6, 6.07) is 10.3. The van der Waals surface area contributed by atoms with Crippen LogP contribution in [0.1, 0.15) is 30.9 Å². The van der Waals surface area contributed by atoms with Gasteiger partial charge in [-0.2, -0.15) is 0 Å². The van der Waals surface area contributed by atoms with Crippen molar-refractivity contribution in [3.05, 3.63) is 51.9 Å². The highest BCUT2D eigenvalue weighted by molar-refractivity contribution is 9.10. The maximum absolute atomic E-state index is 5.77. The second-order valence-electron chi connectivity index (χ2n) is 5.07. The van der Waals surface area contributed by atoms with Gasteiger partial charge in [0.15, 0.2) is 0 Å². The third-order valence-corrected chi connectivity index (χ3v) is 3.49. The molecule has 3 nitrogen and oxygen atoms in total. The van der Waals surface area contributed by atoms with Crippen LogP contribution in [-0.2, 0) is 13.2 Å². The van der Waals surface area contributed by atoms with Crippen LogP contribution in [0.25, 0.3) is 0 Å². The van der Waals surface area contributed by atoms with Gasteiger partial charge in [-0.05, 0) is 37.3 Å². The summed E-state index contributed by atoms with van der Waals surface area (Å²) in [7, 11) is 0. The summed E-state index contributed by atoms with van der Waals surface area (Å²) in [5, 5.41) is 3.34. The van der Waals surface area contributed by atoms with Crippen molar-refractivity contribution in [3.8, 4) is 5.75 Å². The van der Waals surface area contributed by atoms with Gasteiger partial charge in [-0.25, -0.2) is 0 Å². The highest BCUT2D eigenvalue weighted by Gasteiger charge is 2.08. The van der Waals surface area contributed by atoms with Crippen LogP contribution in [-0.4, -0.2) is 6.04 Å². The fourth-order valence-electron chi connectivity index (χ4n) is 1.81. The highest BCUT2D eigenvalue weighted by Crippen LogP contribution is 2.20. The molecule has 1 aromatic carbocycles. The van der Waals surface area contributed by atoms with Crippen molar-refractivity contribution in [1.29, 1.82) is 0 Å². The first kappa shape index (κ1) is 15.1. The summed E-state index contributed by atoms with van der Waals surface area (Å²) in [6.45, 7) is 7.48. The Hall–Kier alpha value is -1.26. The van der Waals surface area contributed by atoms with Crippen LogP contribution in [0.4, 0.5) is 0 Å². The Labute approximate surface area is 128 Å². The number of ether oxygens (including phenoxy) is 1. The Kier molecular flexibility index (Phi) is 5.26. The Morgan fingerprint density at radius 1 is 1.25 bits per heavy atom. The summed E-state index contributed by atoms with van der Waals surface area (Å²) in [6.07, 6.45) is 0. The van der Waals surface area contributed by atoms with E-state index in [1.165, 1.54) is 0 Å². The largest absolute Gasteiger partial charge is 0.489 e. The predicted octanol–water partition coefficient (Wildman–Crippen LogP) is 4.43. The quantitative estimate of drug-likeness (QED) is 0.846. The van der Waals surface area contributed by atoms with Crippen molar-refractivity contribution >= 4 is 15.9 Å². The Morgan fingerprint density at radius 2 is 1.95 bits per heavy atom. The Morgan fingerprint density at radius 3 is 2.60 bits per heavy atom. The van der Waals surface area contributed by atoms with Gasteiger partial charge in [0.05, 0.1) is 6.54 Å². The molecule has 0 spiro atoms. The van der Waals surface area contributed by atoms with Gasteiger partial charge in [0.1, 0.15) is 23.9 Å². The van der Waals surface area contributed by atoms with E-state index >= 15 is 0 Å². The van der Waals surface area contributed by atoms with Gasteiger partial charge in [-0.15, -0.1) is 0 Å². The molecule has 0 aliphatic heterocycles. The maximum atomic E-state index is 5.77. The molecule has 1 N–H and O–H groups in total. The first-order chi connectivity index (χ1) is 9.54. The molecule has 0 radical (unpaired) electrons. The molecule has 0 bridgehead atoms. The minimum atomic E-state index is 0.447. The number of rotatable bonds is 6. The zero-order chi connectivity index (χ0) is 14.5. The molecule has 2 rings (SSSR count). The number of benzene rings is 1. The molecular formula is C16H20BrNO2. The van der Waals surface area contributed by atoms with E-state index in [-0.39, 0.29) is 0 Å². The molecule has 0 atom stereocenters. The van der Waals surface area contributed by atoms with Crippen LogP contribution in [0.2, 0.25) is 0 Å². The molecule has 0 aliphatic rings. The summed E-state index contributed by atoms with van der Waals surface area (Å²) in [5.74, 6) is 2.73. The van der Waals surface area contributed by atoms with Crippen LogP contribution in [0.3, 0.4) is 0 Å². The monoisotopic (exact) mass is 337 g/mol. The van der Waals surface area contributed by atoms with Crippen molar-refractivity contribution in [2.24, 2.45) is 0 Å². The number of halogens is 1. The van der Waals surface area contributed by atoms with Gasteiger partial charge in [0.2, 0.25) is 0 Å². The molecule has 0 saturated carbocycles. The summed E-state index contributed by atoms with van der Waals surface area (Å²) in [4.78, 5) is 0. The summed E-state index contributed by atoms with van der Waals surface area (Å²) < 4.78 is 12.5. The van der Waals surface area contributed by atoms with Gasteiger partial charge in [-0.1, -0.05) is 29.8 Å². The number of hydrogen-bond donors (Lipinski definition) is 1. The smallest absolute Gasteiger partial charge is 0.119 e. The Balaban J connectivity index is 1.94. The van der Waals surface area contributed by atoms with Crippen molar-refractivity contribution in [3.63, 3.8) is 0 Å². The number of hydrogen-bond acceptors (Lipinski definition) is 3. The molecule has 20 heavy (non-hydrogen) atoms. The Bertz CT molecular complexity index is 546. The zero-order valence-corrected chi connectivity index (χ0v) is 13.7. The van der Waals surface area contributed by atoms with E-state index in [0.29, 0.717) is 12.6 Å². The zero-order valence-electron chi connectivity index (χ0n) is 12.1. The molecule has 0 saturated heterocycles. The van der Waals surface area contributed by atoms with Crippen molar-refractivity contribution < 1.29 is 9.15 Å². The second kappa shape index (κ2) is 6.95. The molecular weight excluding hydrogens is 318 g/mol. The molecule has 2 aromatic rings. The average Bonchev–Trinajstić information content (AvgIpc) is 2.76. The standard InChI is InChI=1S/C16H20BrNO2/c1-11(2)18-9-16-8-13(12(3)20-16)10-19-15-6-4-14(17)5-7-15/h4-8,11,18H,9-10H2,1-3H3. The van der Waals surface area contributed by atoms with E-state index in [4.69, 9.17) is 9.15 Å². The van der Waals surface area contributed by atoms with Crippen LogP contribution in [0.15, 0.2) is 39.2 Å². The SMILES string of the molecule is Cc1oc(CNC(C)C)cc1COc1ccc(Br)cc1. The predicted molar refractivity (Wildman–Crippen MR) is 83.9 cm³/mol. The lowest BCUT2D eigenvalue weighted by atomic mass is 10.2. The molecule has 0 amide bonds. The van der Waals surface area contributed by atoms with Gasteiger partial charge >= 0.3 is 0 Å². The van der Waals surface area contributed by atoms with Crippen molar-refractivity contribution in [2.45, 2.75) is 40.0 Å². The number of furan rings is 1. The lowest BCUT2D eigenvalue weighted by Gasteiger charge is -2.05. The van der Waals surface area contributed by atoms with E-state index in [1.807, 2.05) is 31.2 Å². The van der Waals surface area contributed by atoms with Crippen LogP contribution >= 0.6 is 15.9 Å². The highest BCUT2D eigenvalue weighted by atomic mass is 79.9. The molecule has 0 unspecified atom stereocenters. The van der Waals surface area contributed by atoms with E-state index in [0.717, 1.165) is 33.9 Å². The van der Waals surface area contributed by atoms with E-state index in [1.54, 1.807) is 0 Å². The number of nitrogens with one attached hydrogen (secondary N) is 1. The summed E-state index contributed by atoms with van der Waals surface area (Å²) in [5.41, 5.74) is 1.09. The van der Waals surface area contributed by atoms with Crippen molar-refractivity contribution in [2.75, 3.05) is 0 Å². The van der Waals surface area contributed by atoms with Gasteiger partial charge in [0.25, 0.3) is 0 Å². The molecule has 0 fully saturated rings. The minimum absolute atomic E-state index is 0.447. The van der Waals surface area contributed by atoms with Gasteiger partial charge in [0, 0.05) is 16.1 Å². The minimum Gasteiger partial charge on any atom is -0.489 e. The second-order valence-corrected chi connectivity index (χ2v) is 5.99. The van der Waals surface area contributed by atoms with Gasteiger partial charge in [-0.3, -0.25) is 0 Å². The fourth-order valence-corrected chi connectivity index (χ4v) is 2.08. The number of aryl methyl sites for hydroxylation is 1. The third kappa shape index (κ3) is 4.39. The lowest BCUT2D eigenvalue weighted by molar-refractivity contribution is 0.303. The lowest BCUT2D eigenvalue weighted by Crippen LogP contribution is -2.21. The van der Waals surface area contributed by atoms with Crippen LogP contribution in [0, 0.1) is 6.92 Å². The first-order valence-electron chi connectivity index (χ1n) is 6.74. The van der Waals surface area contributed by atoms with Crippen LogP contribution < -0.4 is 10.1 Å². The van der Waals surface area contributed by atoms with E-state index in [2.05, 4.69) is 41.2 Å². The van der Waals surface area contributed by atoms with Gasteiger partial charge < -0.3 is 14.5 Å². The molecule has 0 aliphatic carbocycles.